The van der Waals surface area contributed by atoms with Crippen LogP contribution in [-0.4, -0.2) is 38.0 Å². The number of unbranched alkanes of at least 4 members (excludes halogenated alkanes) is 3. The van der Waals surface area contributed by atoms with Gasteiger partial charge in [-0.25, -0.2) is 0 Å². The van der Waals surface area contributed by atoms with Crippen LogP contribution in [0.25, 0.3) is 0 Å². The summed E-state index contributed by atoms with van der Waals surface area (Å²) < 4.78 is 0. The quantitative estimate of drug-likeness (QED) is 0.224. The molecule has 3 N–H and O–H groups in total. The van der Waals surface area contributed by atoms with E-state index < -0.39 is 0 Å². The molecule has 1 rings (SSSR count). The maximum atomic E-state index is 11.9. The molecule has 23 heavy (non-hydrogen) atoms. The van der Waals surface area contributed by atoms with E-state index in [9.17, 15) is 4.79 Å². The maximum absolute atomic E-state index is 11.9. The van der Waals surface area contributed by atoms with Gasteiger partial charge in [0.15, 0.2) is 5.96 Å². The Morgan fingerprint density at radius 1 is 1.04 bits per heavy atom. The van der Waals surface area contributed by atoms with Gasteiger partial charge in [0.05, 0.1) is 0 Å². The number of hydrogen-bond acceptors (Lipinski definition) is 2. The Balaban J connectivity index is 0.00000484. The first kappa shape index (κ1) is 22.5. The lowest BCUT2D eigenvalue weighted by molar-refractivity contribution is -0.121. The minimum Gasteiger partial charge on any atom is -0.356 e. The predicted octanol–water partition coefficient (Wildman–Crippen LogP) is 3.19. The number of amides is 1. The van der Waals surface area contributed by atoms with Crippen molar-refractivity contribution in [1.82, 2.24) is 16.0 Å². The Morgan fingerprint density at radius 3 is 2.39 bits per heavy atom. The molecule has 0 spiro atoms. The fourth-order valence-electron chi connectivity index (χ4n) is 2.82. The zero-order valence-electron chi connectivity index (χ0n) is 14.8. The molecule has 5 nitrogen and oxygen atoms in total. The third kappa shape index (κ3) is 11.6. The summed E-state index contributed by atoms with van der Waals surface area (Å²) in [4.78, 5) is 16.1. The molecule has 0 atom stereocenters. The summed E-state index contributed by atoms with van der Waals surface area (Å²) in [5, 5.41) is 9.63. The second-order valence-electron chi connectivity index (χ2n) is 6.14. The van der Waals surface area contributed by atoms with Gasteiger partial charge in [-0.15, -0.1) is 24.0 Å². The second kappa shape index (κ2) is 15.0. The van der Waals surface area contributed by atoms with Crippen LogP contribution >= 0.6 is 24.0 Å². The molecule has 1 saturated carbocycles. The molecule has 0 bridgehead atoms. The van der Waals surface area contributed by atoms with E-state index in [1.807, 2.05) is 0 Å². The van der Waals surface area contributed by atoms with Gasteiger partial charge in [-0.2, -0.15) is 0 Å². The number of rotatable bonds is 9. The monoisotopic (exact) mass is 438 g/mol. The van der Waals surface area contributed by atoms with E-state index in [1.54, 1.807) is 7.05 Å². The number of carbonyl (C=O) groups is 1. The normalized spacial score (nSPS) is 15.7. The first-order chi connectivity index (χ1) is 10.8. The van der Waals surface area contributed by atoms with E-state index in [4.69, 9.17) is 0 Å². The molecule has 0 saturated heterocycles. The van der Waals surface area contributed by atoms with E-state index in [-0.39, 0.29) is 29.9 Å². The smallest absolute Gasteiger partial charge is 0.221 e. The SMILES string of the molecule is CCCCCCNC(=NC)NCCC(=O)NC1CCCCC1.I. The predicted molar refractivity (Wildman–Crippen MR) is 109 cm³/mol. The maximum Gasteiger partial charge on any atom is 0.221 e. The Labute approximate surface area is 158 Å². The summed E-state index contributed by atoms with van der Waals surface area (Å²) >= 11 is 0. The van der Waals surface area contributed by atoms with Crippen LogP contribution in [0.15, 0.2) is 4.99 Å². The van der Waals surface area contributed by atoms with Crippen molar-refractivity contribution in [3.8, 4) is 0 Å². The van der Waals surface area contributed by atoms with Crippen LogP contribution in [0, 0.1) is 0 Å². The molecule has 136 valence electrons. The molecule has 1 amide bonds. The topological polar surface area (TPSA) is 65.5 Å². The van der Waals surface area contributed by atoms with Crippen LogP contribution in [0.1, 0.15) is 71.1 Å². The molecule has 0 unspecified atom stereocenters. The molecule has 1 fully saturated rings. The lowest BCUT2D eigenvalue weighted by atomic mass is 9.95. The minimum atomic E-state index is 0. The van der Waals surface area contributed by atoms with Gasteiger partial charge in [0.2, 0.25) is 5.91 Å². The third-order valence-corrected chi connectivity index (χ3v) is 4.16. The van der Waals surface area contributed by atoms with Gasteiger partial charge in [-0.3, -0.25) is 9.79 Å². The Hall–Kier alpha value is -0.530. The van der Waals surface area contributed by atoms with Gasteiger partial charge < -0.3 is 16.0 Å². The molecule has 1 aliphatic rings. The lowest BCUT2D eigenvalue weighted by Gasteiger charge is -2.22. The highest BCUT2D eigenvalue weighted by molar-refractivity contribution is 14.0. The van der Waals surface area contributed by atoms with Crippen molar-refractivity contribution >= 4 is 35.8 Å². The fourth-order valence-corrected chi connectivity index (χ4v) is 2.82. The van der Waals surface area contributed by atoms with E-state index in [0.717, 1.165) is 31.8 Å². The van der Waals surface area contributed by atoms with Crippen LogP contribution in [0.2, 0.25) is 0 Å². The van der Waals surface area contributed by atoms with Crippen molar-refractivity contribution in [3.63, 3.8) is 0 Å². The first-order valence-electron chi connectivity index (χ1n) is 9.00. The van der Waals surface area contributed by atoms with Crippen molar-refractivity contribution < 1.29 is 4.79 Å². The van der Waals surface area contributed by atoms with Crippen LogP contribution in [0.4, 0.5) is 0 Å². The number of halogens is 1. The van der Waals surface area contributed by atoms with Gasteiger partial charge in [0.25, 0.3) is 0 Å². The number of hydrogen-bond donors (Lipinski definition) is 3. The van der Waals surface area contributed by atoms with Crippen LogP contribution in [-0.2, 0) is 4.79 Å². The molecule has 0 aromatic carbocycles. The molecule has 0 radical (unpaired) electrons. The summed E-state index contributed by atoms with van der Waals surface area (Å²) in [6, 6.07) is 0.400. The molecule has 6 heteroatoms. The zero-order chi connectivity index (χ0) is 16.0. The second-order valence-corrected chi connectivity index (χ2v) is 6.14. The molecule has 1 aliphatic carbocycles. The van der Waals surface area contributed by atoms with Crippen molar-refractivity contribution in [2.24, 2.45) is 4.99 Å². The molecule has 0 heterocycles. The highest BCUT2D eigenvalue weighted by Crippen LogP contribution is 2.17. The highest BCUT2D eigenvalue weighted by atomic mass is 127. The van der Waals surface area contributed by atoms with Crippen molar-refractivity contribution in [2.75, 3.05) is 20.1 Å². The van der Waals surface area contributed by atoms with Crippen molar-refractivity contribution in [2.45, 2.75) is 77.2 Å². The molecule has 0 aliphatic heterocycles. The van der Waals surface area contributed by atoms with E-state index in [2.05, 4.69) is 27.9 Å². The average molecular weight is 438 g/mol. The molecule has 0 aromatic heterocycles. The number of aliphatic imine (C=N–C) groups is 1. The van der Waals surface area contributed by atoms with E-state index >= 15 is 0 Å². The van der Waals surface area contributed by atoms with Crippen LogP contribution < -0.4 is 16.0 Å². The van der Waals surface area contributed by atoms with Gasteiger partial charge in [0.1, 0.15) is 0 Å². The number of carbonyl (C=O) groups excluding carboxylic acids is 1. The summed E-state index contributed by atoms with van der Waals surface area (Å²) in [7, 11) is 1.77. The molecule has 0 aromatic rings. The number of nitrogens with zero attached hydrogens (tertiary/aromatic N) is 1. The van der Waals surface area contributed by atoms with Crippen molar-refractivity contribution in [1.29, 1.82) is 0 Å². The summed E-state index contributed by atoms with van der Waals surface area (Å²) in [5.41, 5.74) is 0. The highest BCUT2D eigenvalue weighted by Gasteiger charge is 2.15. The van der Waals surface area contributed by atoms with Gasteiger partial charge in [-0.05, 0) is 19.3 Å². The standard InChI is InChI=1S/C17H34N4O.HI/c1-3-4-5-9-13-19-17(18-2)20-14-12-16(22)21-15-10-7-6-8-11-15;/h15H,3-14H2,1-2H3,(H,21,22)(H2,18,19,20);1H. The lowest BCUT2D eigenvalue weighted by Crippen LogP contribution is -2.41. The summed E-state index contributed by atoms with van der Waals surface area (Å²) in [5.74, 6) is 0.944. The zero-order valence-corrected chi connectivity index (χ0v) is 17.2. The minimum absolute atomic E-state index is 0. The third-order valence-electron chi connectivity index (χ3n) is 4.16. The largest absolute Gasteiger partial charge is 0.356 e. The molecular formula is C17H35IN4O. The van der Waals surface area contributed by atoms with E-state index in [0.29, 0.717) is 19.0 Å². The van der Waals surface area contributed by atoms with Crippen LogP contribution in [0.5, 0.6) is 0 Å². The summed E-state index contributed by atoms with van der Waals surface area (Å²) in [6.45, 7) is 3.79. The first-order valence-corrected chi connectivity index (χ1v) is 9.00. The fraction of sp³-hybridized carbons (Fsp3) is 0.882. The Morgan fingerprint density at radius 2 is 1.74 bits per heavy atom. The Bertz CT molecular complexity index is 331. The van der Waals surface area contributed by atoms with Crippen molar-refractivity contribution in [3.05, 3.63) is 0 Å². The van der Waals surface area contributed by atoms with Gasteiger partial charge in [-0.1, -0.05) is 45.4 Å². The number of guanidine groups is 1. The number of nitrogens with one attached hydrogen (secondary N) is 3. The van der Waals surface area contributed by atoms with E-state index in [1.165, 1.54) is 38.5 Å². The molecular weight excluding hydrogens is 403 g/mol. The summed E-state index contributed by atoms with van der Waals surface area (Å²) in [6.07, 6.45) is 11.6. The van der Waals surface area contributed by atoms with Crippen LogP contribution in [0.3, 0.4) is 0 Å². The van der Waals surface area contributed by atoms with Gasteiger partial charge >= 0.3 is 0 Å². The average Bonchev–Trinajstić information content (AvgIpc) is 2.54. The Kier molecular flexibility index (Phi) is 14.7. The van der Waals surface area contributed by atoms with Gasteiger partial charge in [0, 0.05) is 32.6 Å².